The van der Waals surface area contributed by atoms with E-state index in [4.69, 9.17) is 20.9 Å². The molecule has 0 aromatic heterocycles. The first kappa shape index (κ1) is 37.2. The second-order valence-corrected chi connectivity index (χ2v) is 12.6. The van der Waals surface area contributed by atoms with Gasteiger partial charge in [0, 0.05) is 12.2 Å². The van der Waals surface area contributed by atoms with Crippen molar-refractivity contribution in [2.24, 2.45) is 11.5 Å². The van der Waals surface area contributed by atoms with Crippen molar-refractivity contribution in [1.29, 1.82) is 0 Å². The molecule has 0 saturated carbocycles. The van der Waals surface area contributed by atoms with Gasteiger partial charge in [0.2, 0.25) is 12.5 Å². The molecule has 0 radical (unpaired) electrons. The van der Waals surface area contributed by atoms with Gasteiger partial charge in [-0.05, 0) is 73.9 Å². The van der Waals surface area contributed by atoms with Crippen LogP contribution in [0.4, 0.5) is 0 Å². The van der Waals surface area contributed by atoms with Gasteiger partial charge in [0.15, 0.2) is 0 Å². The van der Waals surface area contributed by atoms with E-state index >= 15 is 0 Å². The quantitative estimate of drug-likeness (QED) is 0.0870. The van der Waals surface area contributed by atoms with E-state index in [0.29, 0.717) is 12.8 Å². The number of hydrogen-bond acceptors (Lipinski definition) is 8. The van der Waals surface area contributed by atoms with Gasteiger partial charge in [-0.25, -0.2) is 9.59 Å². The average molecular weight is 677 g/mol. The van der Waals surface area contributed by atoms with E-state index in [9.17, 15) is 19.2 Å². The third kappa shape index (κ3) is 9.97. The maximum atomic E-state index is 13.2. The van der Waals surface area contributed by atoms with Crippen LogP contribution >= 0.6 is 0 Å². The van der Waals surface area contributed by atoms with Crippen LogP contribution in [0.2, 0.25) is 0 Å². The third-order valence-electron chi connectivity index (χ3n) is 8.44. The van der Waals surface area contributed by atoms with Gasteiger partial charge in [0.25, 0.3) is 11.8 Å². The van der Waals surface area contributed by atoms with Gasteiger partial charge in [-0.1, -0.05) is 109 Å². The molecule has 2 amide bonds. The topological polar surface area (TPSA) is 163 Å². The van der Waals surface area contributed by atoms with Gasteiger partial charge >= 0.3 is 11.9 Å². The second kappa shape index (κ2) is 16.7. The summed E-state index contributed by atoms with van der Waals surface area (Å²) in [5, 5.41) is 5.88. The largest absolute Gasteiger partial charge is 0.434 e. The van der Waals surface area contributed by atoms with E-state index in [1.165, 1.54) is 0 Å². The number of nitrogens with two attached hydrogens (primary N) is 2. The normalized spacial score (nSPS) is 14.8. The summed E-state index contributed by atoms with van der Waals surface area (Å²) in [6.07, 6.45) is -0.977. The summed E-state index contributed by atoms with van der Waals surface area (Å²) >= 11 is 0. The summed E-state index contributed by atoms with van der Waals surface area (Å²) in [5.41, 5.74) is 15.8. The minimum Gasteiger partial charge on any atom is -0.434 e. The number of carbonyl (C=O) groups is 4. The lowest BCUT2D eigenvalue weighted by Crippen LogP contribution is -2.53. The average Bonchev–Trinajstić information content (AvgIpc) is 3.08. The maximum absolute atomic E-state index is 13.2. The van der Waals surface area contributed by atoms with Crippen LogP contribution in [0.3, 0.4) is 0 Å². The van der Waals surface area contributed by atoms with E-state index in [1.807, 2.05) is 137 Å². The van der Waals surface area contributed by atoms with Gasteiger partial charge in [-0.2, -0.15) is 0 Å². The van der Waals surface area contributed by atoms with Crippen molar-refractivity contribution in [3.8, 4) is 0 Å². The first-order valence-electron chi connectivity index (χ1n) is 16.2. The number of esters is 2. The lowest BCUT2D eigenvalue weighted by atomic mass is 9.83. The van der Waals surface area contributed by atoms with Crippen molar-refractivity contribution in [1.82, 2.24) is 10.6 Å². The van der Waals surface area contributed by atoms with Crippen molar-refractivity contribution < 1.29 is 28.7 Å². The standard InChI is InChI=1S/C40H44N4O6/c1-27-15-11-13-21-31(27)39(3,25-29-17-7-5-8-18-29)43-37(47)35(41)49-33(45)23-24-34(46)50-36(42)38(48)44-40(4,26-30-19-9-6-10-20-30)32-22-14-12-16-28(32)2/h5-24,35-36H,25-26,41-42H2,1-4H3,(H,43,47)(H,44,48)/b24-23+. The molecule has 0 aliphatic carbocycles. The molecule has 10 heteroatoms. The highest BCUT2D eigenvalue weighted by atomic mass is 16.6. The zero-order valence-electron chi connectivity index (χ0n) is 28.7. The number of carbonyl (C=O) groups excluding carboxylic acids is 4. The molecule has 0 bridgehead atoms. The molecule has 0 heterocycles. The van der Waals surface area contributed by atoms with Crippen LogP contribution in [0.1, 0.15) is 47.2 Å². The van der Waals surface area contributed by atoms with Crippen LogP contribution in [-0.4, -0.2) is 36.2 Å². The van der Waals surface area contributed by atoms with Crippen LogP contribution in [0.25, 0.3) is 0 Å². The van der Waals surface area contributed by atoms with Gasteiger partial charge in [-0.15, -0.1) is 0 Å². The molecule has 10 nitrogen and oxygen atoms in total. The van der Waals surface area contributed by atoms with Gasteiger partial charge in [0.05, 0.1) is 11.1 Å². The van der Waals surface area contributed by atoms with Crippen LogP contribution in [0.5, 0.6) is 0 Å². The number of amides is 2. The molecule has 260 valence electrons. The predicted molar refractivity (Wildman–Crippen MR) is 191 cm³/mol. The number of aryl methyl sites for hydroxylation is 2. The van der Waals surface area contributed by atoms with Gasteiger partial charge < -0.3 is 20.1 Å². The molecule has 4 unspecified atom stereocenters. The lowest BCUT2D eigenvalue weighted by molar-refractivity contribution is -0.153. The number of rotatable bonds is 14. The van der Waals surface area contributed by atoms with Crippen molar-refractivity contribution in [2.45, 2.75) is 64.1 Å². The summed E-state index contributed by atoms with van der Waals surface area (Å²) in [5.74, 6) is -3.61. The summed E-state index contributed by atoms with van der Waals surface area (Å²) in [6, 6.07) is 34.6. The lowest BCUT2D eigenvalue weighted by Gasteiger charge is -2.34. The Bertz CT molecular complexity index is 1700. The van der Waals surface area contributed by atoms with E-state index < -0.39 is 47.3 Å². The van der Waals surface area contributed by atoms with E-state index in [0.717, 1.165) is 45.5 Å². The molecule has 0 aliphatic heterocycles. The van der Waals surface area contributed by atoms with Gasteiger partial charge in [-0.3, -0.25) is 21.1 Å². The Hall–Kier alpha value is -5.58. The van der Waals surface area contributed by atoms with E-state index in [2.05, 4.69) is 10.6 Å². The van der Waals surface area contributed by atoms with Gasteiger partial charge in [0.1, 0.15) is 0 Å². The van der Waals surface area contributed by atoms with Crippen LogP contribution < -0.4 is 22.1 Å². The monoisotopic (exact) mass is 676 g/mol. The van der Waals surface area contributed by atoms with Crippen molar-refractivity contribution in [2.75, 3.05) is 0 Å². The SMILES string of the molecule is Cc1ccccc1C(C)(Cc1ccccc1)NC(=O)C(N)OC(=O)/C=C/C(=O)OC(N)C(=O)NC(C)(Cc1ccccc1)c1ccccc1C. The molecule has 4 aromatic carbocycles. The van der Waals surface area contributed by atoms with Crippen molar-refractivity contribution in [3.05, 3.63) is 155 Å². The number of benzene rings is 4. The fourth-order valence-corrected chi connectivity index (χ4v) is 6.06. The van der Waals surface area contributed by atoms with E-state index in [1.54, 1.807) is 0 Å². The highest BCUT2D eigenvalue weighted by molar-refractivity contribution is 5.94. The Labute approximate surface area is 292 Å². The molecule has 0 aliphatic rings. The molecule has 4 rings (SSSR count). The number of hydrogen-bond donors (Lipinski definition) is 4. The molecular weight excluding hydrogens is 632 g/mol. The number of nitrogens with one attached hydrogen (secondary N) is 2. The molecule has 0 fully saturated rings. The summed E-state index contributed by atoms with van der Waals surface area (Å²) in [4.78, 5) is 51.4. The van der Waals surface area contributed by atoms with Crippen LogP contribution in [-0.2, 0) is 52.6 Å². The minimum absolute atomic E-state index is 0.445. The molecule has 50 heavy (non-hydrogen) atoms. The summed E-state index contributed by atoms with van der Waals surface area (Å²) in [6.45, 7) is 7.63. The molecule has 4 atom stereocenters. The zero-order valence-corrected chi connectivity index (χ0v) is 28.7. The molecule has 0 spiro atoms. The Morgan fingerprint density at radius 3 is 1.24 bits per heavy atom. The Kier molecular flexibility index (Phi) is 12.4. The van der Waals surface area contributed by atoms with Crippen molar-refractivity contribution >= 4 is 23.8 Å². The maximum Gasteiger partial charge on any atom is 0.333 e. The summed E-state index contributed by atoms with van der Waals surface area (Å²) in [7, 11) is 0. The molecule has 0 saturated heterocycles. The second-order valence-electron chi connectivity index (χ2n) is 12.6. The Morgan fingerprint density at radius 1 is 0.580 bits per heavy atom. The predicted octanol–water partition coefficient (Wildman–Crippen LogP) is 4.36. The molecule has 4 aromatic rings. The third-order valence-corrected chi connectivity index (χ3v) is 8.44. The summed E-state index contributed by atoms with van der Waals surface area (Å²) < 4.78 is 10.2. The smallest absolute Gasteiger partial charge is 0.333 e. The highest BCUT2D eigenvalue weighted by Crippen LogP contribution is 2.30. The number of ether oxygens (including phenoxy) is 2. The first-order valence-corrected chi connectivity index (χ1v) is 16.2. The van der Waals surface area contributed by atoms with Crippen LogP contribution in [0, 0.1) is 13.8 Å². The van der Waals surface area contributed by atoms with Crippen molar-refractivity contribution in [3.63, 3.8) is 0 Å². The van der Waals surface area contributed by atoms with E-state index in [-0.39, 0.29) is 0 Å². The Balaban J connectivity index is 1.36. The molecular formula is C40H44N4O6. The molecule has 6 N–H and O–H groups in total. The van der Waals surface area contributed by atoms with Crippen LogP contribution in [0.15, 0.2) is 121 Å². The minimum atomic E-state index is -1.68. The Morgan fingerprint density at radius 2 is 0.900 bits per heavy atom. The zero-order chi connectivity index (χ0) is 36.3. The fraction of sp³-hybridized carbons (Fsp3) is 0.250. The highest BCUT2D eigenvalue weighted by Gasteiger charge is 2.34. The first-order chi connectivity index (χ1) is 23.8. The fourth-order valence-electron chi connectivity index (χ4n) is 6.06.